The van der Waals surface area contributed by atoms with Crippen molar-refractivity contribution in [2.45, 2.75) is 80.3 Å². The maximum absolute atomic E-state index is 6.32. The van der Waals surface area contributed by atoms with Crippen LogP contribution in [0, 0.1) is 0 Å². The Labute approximate surface area is 264 Å². The maximum Gasteiger partial charge on any atom is 0.501 e. The van der Waals surface area contributed by atoms with Gasteiger partial charge in [0.05, 0.1) is 13.2 Å². The van der Waals surface area contributed by atoms with E-state index in [1.165, 1.54) is 0 Å². The first-order valence-electron chi connectivity index (χ1n) is 15.3. The molecule has 0 radical (unpaired) electrons. The van der Waals surface area contributed by atoms with Crippen molar-refractivity contribution in [3.05, 3.63) is 0 Å². The van der Waals surface area contributed by atoms with Gasteiger partial charge in [-0.05, 0) is 86.4 Å². The van der Waals surface area contributed by atoms with Gasteiger partial charge in [0, 0.05) is 63.1 Å². The van der Waals surface area contributed by atoms with Crippen molar-refractivity contribution in [3.63, 3.8) is 0 Å². The molecule has 40 heavy (non-hydrogen) atoms. The van der Waals surface area contributed by atoms with Gasteiger partial charge in [-0.15, -0.1) is 0 Å². The van der Waals surface area contributed by atoms with Crippen molar-refractivity contribution in [2.24, 2.45) is 0 Å². The molecule has 0 saturated carbocycles. The topological polar surface area (TPSA) is 61.9 Å². The van der Waals surface area contributed by atoms with E-state index in [1.807, 2.05) is 68.9 Å². The van der Waals surface area contributed by atoms with Gasteiger partial charge in [0.2, 0.25) is 0 Å². The first-order chi connectivity index (χ1) is 19.4. The largest absolute Gasteiger partial charge is 0.501 e. The van der Waals surface area contributed by atoms with Crippen LogP contribution in [0.1, 0.15) is 68.2 Å². The van der Waals surface area contributed by atoms with Gasteiger partial charge in [-0.2, -0.15) is 0 Å². The highest BCUT2D eigenvalue weighted by Gasteiger charge is 2.41. The normalized spacial score (nSPS) is 12.8. The average Bonchev–Trinajstić information content (AvgIpc) is 2.95. The number of nitrogens with zero attached hydrogens (tertiary/aromatic N) is 2. The second-order valence-electron chi connectivity index (χ2n) is 8.84. The summed E-state index contributed by atoms with van der Waals surface area (Å²) in [6.45, 7) is 26.7. The quantitative estimate of drug-likeness (QED) is 0.0423. The number of rotatable bonds is 31. The Bertz CT molecular complexity index is 501. The zero-order chi connectivity index (χ0) is 30.0. The monoisotopic (exact) mass is 680 g/mol. The summed E-state index contributed by atoms with van der Waals surface area (Å²) in [4.78, 5) is 4.74. The number of likely N-dealkylation sites (N-methyl/N-ethyl adjacent to an activating group) is 2. The molecule has 0 aromatic carbocycles. The van der Waals surface area contributed by atoms with Crippen LogP contribution in [0.5, 0.6) is 0 Å². The van der Waals surface area contributed by atoms with Crippen LogP contribution >= 0.6 is 41.2 Å². The molecule has 0 aliphatic heterocycles. The van der Waals surface area contributed by atoms with Gasteiger partial charge in [0.25, 0.3) is 0 Å². The molecular formula is C26H60N2O6S4Si2. The minimum Gasteiger partial charge on any atom is -0.374 e. The van der Waals surface area contributed by atoms with E-state index in [9.17, 15) is 0 Å². The van der Waals surface area contributed by atoms with Crippen LogP contribution in [0.15, 0.2) is 0 Å². The Kier molecular flexibility index (Phi) is 29.1. The predicted octanol–water partition coefficient (Wildman–Crippen LogP) is 7.19. The summed E-state index contributed by atoms with van der Waals surface area (Å²) in [7, 11) is 2.26. The highest BCUT2D eigenvalue weighted by atomic mass is 33.7. The minimum absolute atomic E-state index is 0.629. The standard InChI is InChI=1S/C26H60N2O6S4Si2/c1-9-27(10-2)19-21-33-39(29-13-5,30-14-6)25-17-23-35-37-38-36-24-18-26-40(31-15-7,32-16-8)34-22-20-28(11-3)12-4/h9-26H2,1-8H3. The number of hydrogen-bond donors (Lipinski definition) is 0. The lowest BCUT2D eigenvalue weighted by Gasteiger charge is -2.30. The van der Waals surface area contributed by atoms with E-state index in [-0.39, 0.29) is 0 Å². The van der Waals surface area contributed by atoms with Crippen molar-refractivity contribution < 1.29 is 26.6 Å². The average molecular weight is 681 g/mol. The highest BCUT2D eigenvalue weighted by Crippen LogP contribution is 2.44. The summed E-state index contributed by atoms with van der Waals surface area (Å²) in [5.74, 6) is 2.11. The second-order valence-corrected chi connectivity index (χ2v) is 20.5. The second kappa shape index (κ2) is 28.0. The van der Waals surface area contributed by atoms with Gasteiger partial charge in [-0.1, -0.05) is 49.3 Å². The van der Waals surface area contributed by atoms with Crippen LogP contribution in [0.25, 0.3) is 0 Å². The minimum atomic E-state index is -2.62. The Balaban J connectivity index is 4.36. The highest BCUT2D eigenvalue weighted by molar-refractivity contribution is 9.26. The van der Waals surface area contributed by atoms with E-state index >= 15 is 0 Å². The summed E-state index contributed by atoms with van der Waals surface area (Å²) in [5, 5.41) is 0. The summed E-state index contributed by atoms with van der Waals surface area (Å²) in [6, 6.07) is 1.74. The fourth-order valence-electron chi connectivity index (χ4n) is 4.11. The Morgan fingerprint density at radius 3 is 1.07 bits per heavy atom. The molecule has 0 amide bonds. The Morgan fingerprint density at radius 2 is 0.800 bits per heavy atom. The first kappa shape index (κ1) is 41.5. The fourth-order valence-corrected chi connectivity index (χ4v) is 15.9. The third-order valence-electron chi connectivity index (χ3n) is 6.25. The summed E-state index contributed by atoms with van der Waals surface area (Å²) >= 11 is 0. The molecule has 242 valence electrons. The Hall–Kier alpha value is 1.51. The molecule has 0 aromatic rings. The number of hydrogen-bond acceptors (Lipinski definition) is 12. The lowest BCUT2D eigenvalue weighted by atomic mass is 10.5. The summed E-state index contributed by atoms with van der Waals surface area (Å²) < 4.78 is 37.1. The van der Waals surface area contributed by atoms with Gasteiger partial charge in [-0.25, -0.2) is 0 Å². The molecule has 0 N–H and O–H groups in total. The van der Waals surface area contributed by atoms with Crippen LogP contribution < -0.4 is 0 Å². The van der Waals surface area contributed by atoms with Crippen LogP contribution in [0.3, 0.4) is 0 Å². The SMILES string of the molecule is CCO[Si](CCCSSSSCCC[Si](OCC)(OCC)OCCN(CC)CC)(OCC)OCCN(CC)CC. The van der Waals surface area contributed by atoms with E-state index in [0.717, 1.165) is 75.7 Å². The smallest absolute Gasteiger partial charge is 0.374 e. The van der Waals surface area contributed by atoms with E-state index < -0.39 is 17.6 Å². The molecule has 0 bridgehead atoms. The van der Waals surface area contributed by atoms with Crippen LogP contribution in [-0.2, 0) is 26.6 Å². The van der Waals surface area contributed by atoms with Crippen LogP contribution in [0.2, 0.25) is 12.1 Å². The summed E-state index contributed by atoms with van der Waals surface area (Å²) in [5.41, 5.74) is 0. The summed E-state index contributed by atoms with van der Waals surface area (Å²) in [6.07, 6.45) is 2.06. The van der Waals surface area contributed by atoms with Crippen molar-refractivity contribution in [3.8, 4) is 0 Å². The van der Waals surface area contributed by atoms with Crippen molar-refractivity contribution in [1.82, 2.24) is 9.80 Å². The molecule has 0 fully saturated rings. The van der Waals surface area contributed by atoms with Crippen molar-refractivity contribution >= 4 is 58.8 Å². The first-order valence-corrected chi connectivity index (χ1v) is 24.3. The molecule has 0 saturated heterocycles. The van der Waals surface area contributed by atoms with E-state index in [2.05, 4.69) is 37.5 Å². The lowest BCUT2D eigenvalue weighted by Crippen LogP contribution is -2.47. The van der Waals surface area contributed by atoms with E-state index in [1.54, 1.807) is 0 Å². The molecule has 0 unspecified atom stereocenters. The van der Waals surface area contributed by atoms with Gasteiger partial charge in [-0.3, -0.25) is 0 Å². The van der Waals surface area contributed by atoms with Gasteiger partial charge >= 0.3 is 17.6 Å². The lowest BCUT2D eigenvalue weighted by molar-refractivity contribution is 0.0585. The molecule has 0 heterocycles. The predicted molar refractivity (Wildman–Crippen MR) is 184 cm³/mol. The molecular weight excluding hydrogens is 621 g/mol. The van der Waals surface area contributed by atoms with Gasteiger partial charge in [0.1, 0.15) is 0 Å². The molecule has 0 aliphatic rings. The van der Waals surface area contributed by atoms with Crippen molar-refractivity contribution in [2.75, 3.05) is 90.4 Å². The molecule has 0 aliphatic carbocycles. The van der Waals surface area contributed by atoms with Crippen LogP contribution in [0.4, 0.5) is 0 Å². The molecule has 8 nitrogen and oxygen atoms in total. The molecule has 0 aromatic heterocycles. The zero-order valence-electron chi connectivity index (χ0n) is 26.7. The van der Waals surface area contributed by atoms with Gasteiger partial charge < -0.3 is 36.4 Å². The molecule has 0 spiro atoms. The third-order valence-corrected chi connectivity index (χ3v) is 19.0. The zero-order valence-corrected chi connectivity index (χ0v) is 32.0. The third kappa shape index (κ3) is 19.7. The van der Waals surface area contributed by atoms with E-state index in [4.69, 9.17) is 26.6 Å². The van der Waals surface area contributed by atoms with E-state index in [0.29, 0.717) is 39.6 Å². The molecule has 0 rings (SSSR count). The Morgan fingerprint density at radius 1 is 0.475 bits per heavy atom. The fraction of sp³-hybridized carbons (Fsp3) is 1.00. The molecule has 14 heteroatoms. The van der Waals surface area contributed by atoms with Crippen LogP contribution in [-0.4, -0.2) is 118 Å². The van der Waals surface area contributed by atoms with Gasteiger partial charge in [0.15, 0.2) is 0 Å². The molecule has 0 atom stereocenters. The van der Waals surface area contributed by atoms with Crippen molar-refractivity contribution in [1.29, 1.82) is 0 Å². The maximum atomic E-state index is 6.32.